The lowest BCUT2D eigenvalue weighted by Crippen LogP contribution is -2.30. The molecule has 0 aromatic carbocycles. The van der Waals surface area contributed by atoms with Crippen LogP contribution in [0, 0.1) is 5.92 Å². The Morgan fingerprint density at radius 1 is 1.83 bits per heavy atom. The van der Waals surface area contributed by atoms with E-state index >= 15 is 0 Å². The molecule has 1 aliphatic heterocycles. The number of ether oxygens (including phenoxy) is 1. The van der Waals surface area contributed by atoms with Crippen molar-refractivity contribution in [1.82, 2.24) is 0 Å². The Morgan fingerprint density at radius 3 is 3.00 bits per heavy atom. The Balaban J connectivity index is 2.71. The lowest BCUT2D eigenvalue weighted by molar-refractivity contribution is -0.133. The van der Waals surface area contributed by atoms with Gasteiger partial charge in [0, 0.05) is 0 Å². The molecule has 1 rings (SSSR count). The molecule has 2 unspecified atom stereocenters. The van der Waals surface area contributed by atoms with Crippen LogP contribution in [-0.2, 0) is 14.4 Å². The summed E-state index contributed by atoms with van der Waals surface area (Å²) in [5, 5.41) is 12.4. The number of esters is 1. The number of hydrogen-bond donors (Lipinski definition) is 1. The smallest absolute Gasteiger partial charge is 0.356 e. The fraction of sp³-hybridized carbons (Fsp3) is 0.714. The quantitative estimate of drug-likeness (QED) is 0.574. The zero-order valence-electron chi connectivity index (χ0n) is 6.98. The van der Waals surface area contributed by atoms with Gasteiger partial charge in [-0.3, -0.25) is 0 Å². The number of carbonyl (C=O) groups is 1. The first-order valence-electron chi connectivity index (χ1n) is 3.63. The van der Waals surface area contributed by atoms with Gasteiger partial charge in [-0.1, -0.05) is 5.16 Å². The average Bonchev–Trinajstić information content (AvgIpc) is 2.45. The van der Waals surface area contributed by atoms with Gasteiger partial charge in [0.25, 0.3) is 0 Å². The van der Waals surface area contributed by atoms with Gasteiger partial charge in [0.2, 0.25) is 0 Å². The Kier molecular flexibility index (Phi) is 2.65. The van der Waals surface area contributed by atoms with Gasteiger partial charge in [0.05, 0.1) is 19.6 Å². The topological polar surface area (TPSA) is 68.1 Å². The second kappa shape index (κ2) is 3.53. The van der Waals surface area contributed by atoms with E-state index in [0.29, 0.717) is 0 Å². The highest BCUT2D eigenvalue weighted by Gasteiger charge is 2.35. The normalized spacial score (nSPS) is 27.8. The summed E-state index contributed by atoms with van der Waals surface area (Å²) >= 11 is 0. The first kappa shape index (κ1) is 8.99. The fourth-order valence-electron chi connectivity index (χ4n) is 1.03. The third kappa shape index (κ3) is 1.40. The number of rotatable bonds is 2. The predicted molar refractivity (Wildman–Crippen MR) is 40.6 cm³/mol. The van der Waals surface area contributed by atoms with Crippen LogP contribution in [0.3, 0.4) is 0 Å². The van der Waals surface area contributed by atoms with Gasteiger partial charge in [-0.15, -0.1) is 0 Å². The number of hydrogen-bond acceptors (Lipinski definition) is 5. The minimum absolute atomic E-state index is 0.158. The van der Waals surface area contributed by atoms with E-state index in [-0.39, 0.29) is 24.3 Å². The van der Waals surface area contributed by atoms with Gasteiger partial charge >= 0.3 is 5.97 Å². The van der Waals surface area contributed by atoms with E-state index in [1.54, 1.807) is 6.92 Å². The molecule has 1 aliphatic rings. The lowest BCUT2D eigenvalue weighted by Gasteiger charge is -2.09. The van der Waals surface area contributed by atoms with E-state index in [1.165, 1.54) is 7.11 Å². The largest absolute Gasteiger partial charge is 0.464 e. The van der Waals surface area contributed by atoms with Crippen molar-refractivity contribution in [2.45, 2.75) is 13.0 Å². The van der Waals surface area contributed by atoms with Crippen LogP contribution in [0.15, 0.2) is 5.16 Å². The van der Waals surface area contributed by atoms with Crippen LogP contribution in [-0.4, -0.2) is 36.6 Å². The molecule has 0 fully saturated rings. The van der Waals surface area contributed by atoms with Crippen LogP contribution >= 0.6 is 0 Å². The maximum atomic E-state index is 11.0. The van der Waals surface area contributed by atoms with Crippen LogP contribution < -0.4 is 0 Å². The number of methoxy groups -OCH3 is 1. The molecule has 5 nitrogen and oxygen atoms in total. The third-order valence-electron chi connectivity index (χ3n) is 1.83. The highest BCUT2D eigenvalue weighted by atomic mass is 16.6. The maximum Gasteiger partial charge on any atom is 0.356 e. The molecule has 0 aliphatic carbocycles. The zero-order chi connectivity index (χ0) is 9.14. The van der Waals surface area contributed by atoms with E-state index < -0.39 is 5.97 Å². The van der Waals surface area contributed by atoms with Crippen LogP contribution in [0.5, 0.6) is 0 Å². The SMILES string of the molecule is COC(=O)C1=NOC(C)C1CO. The van der Waals surface area contributed by atoms with Gasteiger partial charge in [0.15, 0.2) is 5.71 Å². The molecule has 0 aromatic rings. The minimum Gasteiger partial charge on any atom is -0.464 e. The number of oxime groups is 1. The molecular weight excluding hydrogens is 162 g/mol. The van der Waals surface area contributed by atoms with Crippen molar-refractivity contribution in [2.75, 3.05) is 13.7 Å². The summed E-state index contributed by atoms with van der Waals surface area (Å²) < 4.78 is 4.45. The van der Waals surface area contributed by atoms with Gasteiger partial charge in [-0.05, 0) is 6.92 Å². The number of aliphatic hydroxyl groups is 1. The summed E-state index contributed by atoms with van der Waals surface area (Å²) in [5.41, 5.74) is 0.160. The van der Waals surface area contributed by atoms with Gasteiger partial charge in [-0.2, -0.15) is 0 Å². The molecule has 0 amide bonds. The van der Waals surface area contributed by atoms with Crippen molar-refractivity contribution >= 4 is 11.7 Å². The number of carbonyl (C=O) groups excluding carboxylic acids is 1. The van der Waals surface area contributed by atoms with Crippen molar-refractivity contribution in [2.24, 2.45) is 11.1 Å². The molecule has 1 N–H and O–H groups in total. The average molecular weight is 173 g/mol. The van der Waals surface area contributed by atoms with Gasteiger partial charge < -0.3 is 14.7 Å². The third-order valence-corrected chi connectivity index (χ3v) is 1.83. The highest BCUT2D eigenvalue weighted by molar-refractivity contribution is 6.37. The first-order chi connectivity index (χ1) is 5.70. The van der Waals surface area contributed by atoms with Crippen molar-refractivity contribution in [3.8, 4) is 0 Å². The molecule has 5 heteroatoms. The maximum absolute atomic E-state index is 11.0. The monoisotopic (exact) mass is 173 g/mol. The highest BCUT2D eigenvalue weighted by Crippen LogP contribution is 2.18. The molecule has 0 radical (unpaired) electrons. The Morgan fingerprint density at radius 2 is 2.50 bits per heavy atom. The fourth-order valence-corrected chi connectivity index (χ4v) is 1.03. The van der Waals surface area contributed by atoms with Gasteiger partial charge in [-0.25, -0.2) is 4.79 Å². The van der Waals surface area contributed by atoms with Crippen LogP contribution in [0.25, 0.3) is 0 Å². The first-order valence-corrected chi connectivity index (χ1v) is 3.63. The Labute approximate surface area is 70.0 Å². The molecule has 0 aromatic heterocycles. The molecule has 68 valence electrons. The summed E-state index contributed by atoms with van der Waals surface area (Å²) in [6, 6.07) is 0. The van der Waals surface area contributed by atoms with E-state index in [1.807, 2.05) is 0 Å². The van der Waals surface area contributed by atoms with E-state index in [2.05, 4.69) is 9.89 Å². The summed E-state index contributed by atoms with van der Waals surface area (Å²) in [6.07, 6.45) is -0.260. The number of aliphatic hydroxyl groups excluding tert-OH is 1. The molecule has 0 spiro atoms. The lowest BCUT2D eigenvalue weighted by atomic mass is 10.00. The molecule has 12 heavy (non-hydrogen) atoms. The van der Waals surface area contributed by atoms with Crippen LogP contribution in [0.2, 0.25) is 0 Å². The number of nitrogens with zero attached hydrogens (tertiary/aromatic N) is 1. The van der Waals surface area contributed by atoms with Crippen molar-refractivity contribution < 1.29 is 19.5 Å². The van der Waals surface area contributed by atoms with E-state index in [0.717, 1.165) is 0 Å². The summed E-state index contributed by atoms with van der Waals surface area (Å²) in [4.78, 5) is 15.8. The van der Waals surface area contributed by atoms with Crippen molar-refractivity contribution in [1.29, 1.82) is 0 Å². The van der Waals surface area contributed by atoms with Gasteiger partial charge in [0.1, 0.15) is 6.10 Å². The molecule has 1 heterocycles. The minimum atomic E-state index is -0.543. The summed E-state index contributed by atoms with van der Waals surface area (Å²) in [7, 11) is 1.27. The molecule has 2 atom stereocenters. The Bertz CT molecular complexity index is 213. The predicted octanol–water partition coefficient (Wildman–Crippen LogP) is -0.457. The second-order valence-electron chi connectivity index (χ2n) is 2.57. The molecule has 0 saturated heterocycles. The van der Waals surface area contributed by atoms with Crippen molar-refractivity contribution in [3.05, 3.63) is 0 Å². The molecular formula is C7H11NO4. The van der Waals surface area contributed by atoms with Crippen LogP contribution in [0.1, 0.15) is 6.92 Å². The van der Waals surface area contributed by atoms with E-state index in [9.17, 15) is 4.79 Å². The molecule has 0 saturated carbocycles. The molecule has 0 bridgehead atoms. The zero-order valence-corrected chi connectivity index (χ0v) is 6.98. The second-order valence-corrected chi connectivity index (χ2v) is 2.57. The van der Waals surface area contributed by atoms with Crippen LogP contribution in [0.4, 0.5) is 0 Å². The summed E-state index contributed by atoms with van der Waals surface area (Å²) in [6.45, 7) is 1.58. The Hall–Kier alpha value is -1.10. The standard InChI is InChI=1S/C7H11NO4/c1-4-5(3-9)6(8-12-4)7(10)11-2/h4-5,9H,3H2,1-2H3. The van der Waals surface area contributed by atoms with E-state index in [4.69, 9.17) is 9.94 Å². The van der Waals surface area contributed by atoms with Crippen molar-refractivity contribution in [3.63, 3.8) is 0 Å². The summed E-state index contributed by atoms with van der Waals surface area (Å²) in [5.74, 6) is -0.907.